The Balaban J connectivity index is 1.62. The molecule has 6 nitrogen and oxygen atoms in total. The first-order chi connectivity index (χ1) is 13.1. The average molecular weight is 363 g/mol. The van der Waals surface area contributed by atoms with Gasteiger partial charge in [0.2, 0.25) is 0 Å². The van der Waals surface area contributed by atoms with Gasteiger partial charge in [-0.2, -0.15) is 0 Å². The van der Waals surface area contributed by atoms with Gasteiger partial charge in [0, 0.05) is 19.3 Å². The van der Waals surface area contributed by atoms with Crippen molar-refractivity contribution in [3.05, 3.63) is 65.6 Å². The highest BCUT2D eigenvalue weighted by atomic mass is 16.2. The summed E-state index contributed by atoms with van der Waals surface area (Å²) in [6.07, 6.45) is 6.67. The van der Waals surface area contributed by atoms with Crippen LogP contribution in [0.3, 0.4) is 0 Å². The number of rotatable bonds is 4. The van der Waals surface area contributed by atoms with E-state index in [0.717, 1.165) is 32.4 Å². The number of carbonyl (C=O) groups is 1. The van der Waals surface area contributed by atoms with Gasteiger partial charge < -0.3 is 9.80 Å². The van der Waals surface area contributed by atoms with E-state index in [2.05, 4.69) is 53.5 Å². The van der Waals surface area contributed by atoms with Crippen LogP contribution in [0.25, 0.3) is 5.65 Å². The first kappa shape index (κ1) is 17.7. The number of benzene rings is 1. The van der Waals surface area contributed by atoms with Crippen LogP contribution in [-0.2, 0) is 6.54 Å². The van der Waals surface area contributed by atoms with E-state index in [9.17, 15) is 4.79 Å². The monoisotopic (exact) mass is 363 g/mol. The molecule has 27 heavy (non-hydrogen) atoms. The van der Waals surface area contributed by atoms with Crippen molar-refractivity contribution in [3.8, 4) is 0 Å². The quantitative estimate of drug-likeness (QED) is 0.714. The van der Waals surface area contributed by atoms with Crippen LogP contribution in [0.5, 0.6) is 0 Å². The van der Waals surface area contributed by atoms with Gasteiger partial charge in [-0.1, -0.05) is 24.3 Å². The number of likely N-dealkylation sites (tertiary alicyclic amines) is 1. The fraction of sp³-hybridized carbons (Fsp3) is 0.381. The van der Waals surface area contributed by atoms with Crippen LogP contribution in [0.4, 0.5) is 0 Å². The Morgan fingerprint density at radius 2 is 2.00 bits per heavy atom. The number of amides is 1. The molecule has 0 bridgehead atoms. The number of nitrogens with zero attached hydrogens (tertiary/aromatic N) is 5. The van der Waals surface area contributed by atoms with E-state index >= 15 is 0 Å². The molecule has 1 aromatic carbocycles. The molecule has 1 unspecified atom stereocenters. The summed E-state index contributed by atoms with van der Waals surface area (Å²) in [6.45, 7) is 1.70. The average Bonchev–Trinajstić information content (AvgIpc) is 3.16. The fourth-order valence-electron chi connectivity index (χ4n) is 3.90. The molecule has 0 saturated carbocycles. The molecule has 6 heteroatoms. The Labute approximate surface area is 159 Å². The SMILES string of the molecule is CN(C)Cc1ccc(C2CCCCN2C(=O)c2cccn3cnnc23)cc1. The minimum absolute atomic E-state index is 0.0377. The zero-order valence-corrected chi connectivity index (χ0v) is 15.9. The molecular weight excluding hydrogens is 338 g/mol. The van der Waals surface area contributed by atoms with Crippen LogP contribution < -0.4 is 0 Å². The minimum Gasteiger partial charge on any atom is -0.331 e. The lowest BCUT2D eigenvalue weighted by molar-refractivity contribution is 0.0613. The van der Waals surface area contributed by atoms with Gasteiger partial charge in [0.25, 0.3) is 5.91 Å². The molecule has 1 saturated heterocycles. The molecule has 0 radical (unpaired) electrons. The lowest BCUT2D eigenvalue weighted by Crippen LogP contribution is -2.38. The number of pyridine rings is 1. The smallest absolute Gasteiger partial charge is 0.258 e. The summed E-state index contributed by atoms with van der Waals surface area (Å²) >= 11 is 0. The molecule has 2 aromatic heterocycles. The number of hydrogen-bond acceptors (Lipinski definition) is 4. The summed E-state index contributed by atoms with van der Waals surface area (Å²) in [7, 11) is 4.14. The summed E-state index contributed by atoms with van der Waals surface area (Å²) in [6, 6.07) is 12.5. The lowest BCUT2D eigenvalue weighted by Gasteiger charge is -2.36. The van der Waals surface area contributed by atoms with Gasteiger partial charge in [0.1, 0.15) is 6.33 Å². The van der Waals surface area contributed by atoms with Crippen LogP contribution in [0.1, 0.15) is 46.8 Å². The molecule has 1 amide bonds. The molecule has 0 spiro atoms. The largest absolute Gasteiger partial charge is 0.331 e. The second-order valence-corrected chi connectivity index (χ2v) is 7.47. The van der Waals surface area contributed by atoms with E-state index in [1.165, 1.54) is 11.1 Å². The molecule has 3 aromatic rings. The van der Waals surface area contributed by atoms with E-state index in [1.54, 1.807) is 10.7 Å². The van der Waals surface area contributed by atoms with Crippen molar-refractivity contribution < 1.29 is 4.79 Å². The highest BCUT2D eigenvalue weighted by molar-refractivity contribution is 6.00. The van der Waals surface area contributed by atoms with E-state index in [0.29, 0.717) is 11.2 Å². The van der Waals surface area contributed by atoms with Crippen LogP contribution in [0, 0.1) is 0 Å². The summed E-state index contributed by atoms with van der Waals surface area (Å²) < 4.78 is 1.79. The maximum Gasteiger partial charge on any atom is 0.258 e. The Hall–Kier alpha value is -2.73. The molecule has 1 atom stereocenters. The van der Waals surface area contributed by atoms with Crippen molar-refractivity contribution in [2.75, 3.05) is 20.6 Å². The lowest BCUT2D eigenvalue weighted by atomic mass is 9.93. The van der Waals surface area contributed by atoms with Crippen molar-refractivity contribution in [2.45, 2.75) is 31.8 Å². The first-order valence-corrected chi connectivity index (χ1v) is 9.46. The predicted octanol–water partition coefficient (Wildman–Crippen LogP) is 3.16. The third kappa shape index (κ3) is 3.57. The molecule has 1 aliphatic rings. The van der Waals surface area contributed by atoms with Crippen molar-refractivity contribution >= 4 is 11.6 Å². The molecule has 4 rings (SSSR count). The first-order valence-electron chi connectivity index (χ1n) is 9.46. The standard InChI is InChI=1S/C21H25N5O/c1-24(2)14-16-8-10-17(11-9-16)19-7-3-4-13-26(19)21(27)18-6-5-12-25-15-22-23-20(18)25/h5-6,8-12,15,19H,3-4,7,13-14H2,1-2H3. The van der Waals surface area contributed by atoms with Gasteiger partial charge >= 0.3 is 0 Å². The highest BCUT2D eigenvalue weighted by Gasteiger charge is 2.30. The second-order valence-electron chi connectivity index (χ2n) is 7.47. The third-order valence-corrected chi connectivity index (χ3v) is 5.18. The number of piperidine rings is 1. The number of fused-ring (bicyclic) bond motifs is 1. The molecule has 0 N–H and O–H groups in total. The predicted molar refractivity (Wildman–Crippen MR) is 104 cm³/mol. The topological polar surface area (TPSA) is 53.7 Å². The molecule has 1 fully saturated rings. The molecule has 140 valence electrons. The Bertz CT molecular complexity index is 931. The zero-order valence-electron chi connectivity index (χ0n) is 15.9. The van der Waals surface area contributed by atoms with Gasteiger partial charge in [-0.3, -0.25) is 9.20 Å². The van der Waals surface area contributed by atoms with Crippen LogP contribution in [0.2, 0.25) is 0 Å². The Morgan fingerprint density at radius 3 is 2.78 bits per heavy atom. The van der Waals surface area contributed by atoms with Gasteiger partial charge in [-0.15, -0.1) is 10.2 Å². The summed E-state index contributed by atoms with van der Waals surface area (Å²) in [5, 5.41) is 8.07. The number of hydrogen-bond donors (Lipinski definition) is 0. The number of carbonyl (C=O) groups excluding carboxylic acids is 1. The fourth-order valence-corrected chi connectivity index (χ4v) is 3.90. The van der Waals surface area contributed by atoms with Crippen molar-refractivity contribution in [3.63, 3.8) is 0 Å². The summed E-state index contributed by atoms with van der Waals surface area (Å²) in [4.78, 5) is 17.5. The number of aromatic nitrogens is 3. The Morgan fingerprint density at radius 1 is 1.19 bits per heavy atom. The van der Waals surface area contributed by atoms with Gasteiger partial charge in [-0.25, -0.2) is 0 Å². The van der Waals surface area contributed by atoms with Crippen LogP contribution in [-0.4, -0.2) is 50.9 Å². The molecular formula is C21H25N5O. The van der Waals surface area contributed by atoms with Crippen molar-refractivity contribution in [1.29, 1.82) is 0 Å². The van der Waals surface area contributed by atoms with Crippen LogP contribution >= 0.6 is 0 Å². The highest BCUT2D eigenvalue weighted by Crippen LogP contribution is 2.32. The molecule has 3 heterocycles. The van der Waals surface area contributed by atoms with Gasteiger partial charge in [0.15, 0.2) is 5.65 Å². The summed E-state index contributed by atoms with van der Waals surface area (Å²) in [5.41, 5.74) is 3.73. The van der Waals surface area contributed by atoms with E-state index in [1.807, 2.05) is 23.2 Å². The van der Waals surface area contributed by atoms with Gasteiger partial charge in [-0.05, 0) is 56.6 Å². The molecule has 0 aliphatic carbocycles. The van der Waals surface area contributed by atoms with E-state index in [-0.39, 0.29) is 11.9 Å². The molecule has 1 aliphatic heterocycles. The van der Waals surface area contributed by atoms with E-state index < -0.39 is 0 Å². The van der Waals surface area contributed by atoms with Crippen molar-refractivity contribution in [2.24, 2.45) is 0 Å². The van der Waals surface area contributed by atoms with Crippen LogP contribution in [0.15, 0.2) is 48.9 Å². The second kappa shape index (κ2) is 7.48. The maximum atomic E-state index is 13.3. The maximum absolute atomic E-state index is 13.3. The van der Waals surface area contributed by atoms with E-state index in [4.69, 9.17) is 0 Å². The zero-order chi connectivity index (χ0) is 18.8. The van der Waals surface area contributed by atoms with Crippen molar-refractivity contribution in [1.82, 2.24) is 24.4 Å². The summed E-state index contributed by atoms with van der Waals surface area (Å²) in [5.74, 6) is 0.0377. The van der Waals surface area contributed by atoms with Gasteiger partial charge in [0.05, 0.1) is 11.6 Å². The normalized spacial score (nSPS) is 17.6. The third-order valence-electron chi connectivity index (χ3n) is 5.18. The minimum atomic E-state index is 0.0377. The Kier molecular flexibility index (Phi) is 4.90.